The van der Waals surface area contributed by atoms with Crippen LogP contribution in [0.2, 0.25) is 0 Å². The summed E-state index contributed by atoms with van der Waals surface area (Å²) in [6, 6.07) is 0. The maximum atomic E-state index is 12.8. The Kier molecular flexibility index (Phi) is 29.4. The highest BCUT2D eigenvalue weighted by Crippen LogP contribution is 2.43. The fourth-order valence-electron chi connectivity index (χ4n) is 6.43. The van der Waals surface area contributed by atoms with E-state index in [1.807, 2.05) is 21.1 Å². The molecule has 0 radical (unpaired) electrons. The number of likely N-dealkylation sites (N-methyl/N-ethyl adjacent to an activating group) is 1. The second-order valence-corrected chi connectivity index (χ2v) is 17.8. The third-order valence-corrected chi connectivity index (χ3v) is 10.9. The van der Waals surface area contributed by atoms with Gasteiger partial charge >= 0.3 is 19.8 Å². The number of phosphoric ester groups is 1. The molecule has 0 aromatic rings. The van der Waals surface area contributed by atoms with Crippen molar-refractivity contribution in [3.05, 3.63) is 48.6 Å². The van der Waals surface area contributed by atoms with Crippen LogP contribution < -0.4 is 0 Å². The predicted octanol–water partition coefficient (Wildman–Crippen LogP) is 8.29. The van der Waals surface area contributed by atoms with E-state index in [2.05, 4.69) is 38.2 Å². The van der Waals surface area contributed by atoms with Crippen LogP contribution >= 0.6 is 7.82 Å². The van der Waals surface area contributed by atoms with Crippen molar-refractivity contribution < 1.29 is 57.4 Å². The zero-order chi connectivity index (χ0) is 42.4. The minimum Gasteiger partial charge on any atom is -0.462 e. The van der Waals surface area contributed by atoms with Crippen molar-refractivity contribution in [3.8, 4) is 0 Å². The average Bonchev–Trinajstić information content (AvgIpc) is 3.42. The van der Waals surface area contributed by atoms with Gasteiger partial charge in [-0.25, -0.2) is 4.57 Å². The van der Waals surface area contributed by atoms with Crippen molar-refractivity contribution >= 4 is 19.8 Å². The molecule has 1 unspecified atom stereocenters. The lowest BCUT2D eigenvalue weighted by molar-refractivity contribution is -0.870. The van der Waals surface area contributed by atoms with E-state index in [9.17, 15) is 34.4 Å². The van der Waals surface area contributed by atoms with Crippen LogP contribution in [0.4, 0.5) is 0 Å². The van der Waals surface area contributed by atoms with Crippen LogP contribution in [-0.2, 0) is 32.7 Å². The zero-order valence-electron chi connectivity index (χ0n) is 35.9. The number of quaternary nitrogens is 1. The molecule has 0 spiro atoms. The van der Waals surface area contributed by atoms with Gasteiger partial charge in [0.1, 0.15) is 19.8 Å². The predicted molar refractivity (Wildman–Crippen MR) is 226 cm³/mol. The molecule has 1 rings (SSSR count). The lowest BCUT2D eigenvalue weighted by atomic mass is 9.89. The van der Waals surface area contributed by atoms with Crippen molar-refractivity contribution in [1.82, 2.24) is 0 Å². The summed E-state index contributed by atoms with van der Waals surface area (Å²) in [6.07, 6.45) is 28.6. The number of hydrogen-bond acceptors (Lipinski definition) is 10. The Balaban J connectivity index is 2.59. The first-order chi connectivity index (χ1) is 27.2. The molecule has 13 heteroatoms. The van der Waals surface area contributed by atoms with Crippen molar-refractivity contribution in [2.24, 2.45) is 11.8 Å². The summed E-state index contributed by atoms with van der Waals surface area (Å²) in [7, 11) is 1.27. The number of phosphoric acid groups is 1. The highest BCUT2D eigenvalue weighted by molar-refractivity contribution is 7.47. The van der Waals surface area contributed by atoms with Gasteiger partial charge in [0.05, 0.1) is 52.5 Å². The molecule has 7 atom stereocenters. The van der Waals surface area contributed by atoms with Gasteiger partial charge in [0.15, 0.2) is 6.10 Å². The number of aliphatic hydroxyl groups excluding tert-OH is 3. The van der Waals surface area contributed by atoms with E-state index < -0.39 is 50.8 Å². The van der Waals surface area contributed by atoms with Gasteiger partial charge < -0.3 is 34.2 Å². The van der Waals surface area contributed by atoms with E-state index in [4.69, 9.17) is 18.5 Å². The summed E-state index contributed by atoms with van der Waals surface area (Å²) in [6.45, 7) is 3.87. The van der Waals surface area contributed by atoms with E-state index in [-0.39, 0.29) is 44.3 Å². The monoisotopic (exact) mass is 829 g/mol. The van der Waals surface area contributed by atoms with Crippen molar-refractivity contribution in [3.63, 3.8) is 0 Å². The Morgan fingerprint density at radius 1 is 0.789 bits per heavy atom. The van der Waals surface area contributed by atoms with Gasteiger partial charge in [-0.3, -0.25) is 18.6 Å². The van der Waals surface area contributed by atoms with Crippen LogP contribution in [0.5, 0.6) is 0 Å². The molecule has 0 heterocycles. The first-order valence-electron chi connectivity index (χ1n) is 21.6. The van der Waals surface area contributed by atoms with E-state index in [0.29, 0.717) is 30.3 Å². The smallest absolute Gasteiger partial charge is 0.462 e. The van der Waals surface area contributed by atoms with Crippen LogP contribution in [-0.4, -0.2) is 109 Å². The molecule has 12 nitrogen and oxygen atoms in total. The molecule has 1 aliphatic rings. The molecular formula is C44H79NO11P+. The van der Waals surface area contributed by atoms with Crippen LogP contribution in [0.15, 0.2) is 48.6 Å². The van der Waals surface area contributed by atoms with E-state index in [1.165, 1.54) is 19.3 Å². The number of carbonyl (C=O) groups excluding carboxylic acids is 2. The van der Waals surface area contributed by atoms with E-state index >= 15 is 0 Å². The zero-order valence-corrected chi connectivity index (χ0v) is 36.8. The normalized spacial score (nSPS) is 21.2. The first kappa shape index (κ1) is 52.9. The molecule has 4 N–H and O–H groups in total. The molecule has 0 aromatic carbocycles. The topological polar surface area (TPSA) is 169 Å². The third-order valence-electron chi connectivity index (χ3n) is 9.93. The molecule has 1 fully saturated rings. The molecule has 0 bridgehead atoms. The van der Waals surface area contributed by atoms with Crippen molar-refractivity contribution in [1.29, 1.82) is 0 Å². The van der Waals surface area contributed by atoms with Crippen molar-refractivity contribution in [2.45, 2.75) is 160 Å². The van der Waals surface area contributed by atoms with E-state index in [1.54, 1.807) is 24.3 Å². The summed E-state index contributed by atoms with van der Waals surface area (Å²) in [4.78, 5) is 35.6. The highest BCUT2D eigenvalue weighted by atomic mass is 31.2. The number of nitrogens with zero attached hydrogens (tertiary/aromatic N) is 1. The Morgan fingerprint density at radius 2 is 1.44 bits per heavy atom. The van der Waals surface area contributed by atoms with Gasteiger partial charge in [0.2, 0.25) is 0 Å². The fourth-order valence-corrected chi connectivity index (χ4v) is 7.17. The number of unbranched alkanes of at least 4 members (excludes halogenated alkanes) is 10. The molecule has 0 aliphatic heterocycles. The second-order valence-electron chi connectivity index (χ2n) is 16.4. The van der Waals surface area contributed by atoms with Crippen LogP contribution in [0.3, 0.4) is 0 Å². The fraction of sp³-hybridized carbons (Fsp3) is 0.773. The summed E-state index contributed by atoms with van der Waals surface area (Å²) >= 11 is 0. The van der Waals surface area contributed by atoms with Crippen LogP contribution in [0.25, 0.3) is 0 Å². The lowest BCUT2D eigenvalue weighted by Gasteiger charge is -2.24. The molecule has 0 amide bonds. The highest BCUT2D eigenvalue weighted by Gasteiger charge is 2.39. The van der Waals surface area contributed by atoms with Gasteiger partial charge in [-0.05, 0) is 57.3 Å². The molecular weight excluding hydrogens is 749 g/mol. The van der Waals surface area contributed by atoms with Crippen LogP contribution in [0, 0.1) is 11.8 Å². The number of aliphatic hydroxyl groups is 3. The Morgan fingerprint density at radius 3 is 2.12 bits per heavy atom. The maximum Gasteiger partial charge on any atom is 0.472 e. The standard InChI is InChI=1S/C44H78NO11P/c1-6-8-10-11-12-13-14-15-16-17-18-19-20-21-23-28-43(49)53-35-38(36-55-57(51,52)54-33-32-45(3,4)5)56-44(50)29-25-24-27-39-40(42(48)34-41(39)47)31-30-37(46)26-22-9-7-2/h12-13,15-16,24-25,30-31,37-42,46-48H,6-11,14,17-23,26-29,32-36H2,1-5H3/p+1/b13-12-,16-15-,25-24-,31-30+/t37-,38-,39+,40-,41+,42-/m1/s1. The molecule has 0 aromatic heterocycles. The molecule has 1 aliphatic carbocycles. The van der Waals surface area contributed by atoms with E-state index in [0.717, 1.165) is 64.2 Å². The number of esters is 2. The van der Waals surface area contributed by atoms with Gasteiger partial charge in [0.25, 0.3) is 0 Å². The Bertz CT molecular complexity index is 1230. The lowest BCUT2D eigenvalue weighted by Crippen LogP contribution is -2.37. The number of hydrogen-bond donors (Lipinski definition) is 4. The SMILES string of the molecule is CCCCC/C=C\C/C=C\CCCCCCCC(=O)OC[C@H](COP(=O)(O)OCC[N+](C)(C)C)OC(=O)C/C=C\C[C@H]1[C@@H](/C=C/[C@H](O)CCCCC)[C@H](O)C[C@@H]1O. The largest absolute Gasteiger partial charge is 0.472 e. The first-order valence-corrected chi connectivity index (χ1v) is 23.1. The average molecular weight is 829 g/mol. The number of carbonyl (C=O) groups is 2. The second kappa shape index (κ2) is 31.7. The van der Waals surface area contributed by atoms with Gasteiger partial charge in [-0.1, -0.05) is 114 Å². The minimum absolute atomic E-state index is 0.0298. The van der Waals surface area contributed by atoms with Gasteiger partial charge in [-0.15, -0.1) is 0 Å². The van der Waals surface area contributed by atoms with Gasteiger partial charge in [0, 0.05) is 18.8 Å². The summed E-state index contributed by atoms with van der Waals surface area (Å²) in [5.74, 6) is -1.75. The molecule has 1 saturated carbocycles. The number of rotatable bonds is 34. The minimum atomic E-state index is -4.47. The van der Waals surface area contributed by atoms with Gasteiger partial charge in [-0.2, -0.15) is 0 Å². The number of allylic oxidation sites excluding steroid dienone is 5. The van der Waals surface area contributed by atoms with Crippen molar-refractivity contribution in [2.75, 3.05) is 47.5 Å². The summed E-state index contributed by atoms with van der Waals surface area (Å²) in [5.41, 5.74) is 0. The molecule has 0 saturated heterocycles. The maximum absolute atomic E-state index is 12.8. The Labute approximate surface area is 344 Å². The summed E-state index contributed by atoms with van der Waals surface area (Å²) in [5, 5.41) is 31.4. The quantitative estimate of drug-likeness (QED) is 0.0162. The summed E-state index contributed by atoms with van der Waals surface area (Å²) < 4.78 is 34.2. The third kappa shape index (κ3) is 28.8. The molecule has 57 heavy (non-hydrogen) atoms. The number of ether oxygens (including phenoxy) is 2. The van der Waals surface area contributed by atoms with Crippen LogP contribution in [0.1, 0.15) is 136 Å². The molecule has 330 valence electrons. The Hall–Kier alpha value is -2.15.